The number of imide groups is 2. The maximum Gasteiger partial charge on any atom is 0.335 e. The first-order chi connectivity index (χ1) is 15.4. The minimum atomic E-state index is -0.783. The standard InChI is InChI=1S/C25H19BrN2O4/c1-16-5-7-17(8-6-16)15-32-21-4-2-3-18(13-21)14-22-23(29)27-25(31)28(24(22)30)20-11-9-19(26)10-12-20/h2-14H,15H2,1H3,(H,27,29,31)/b22-14-. The van der Waals surface area contributed by atoms with Crippen LogP contribution in [-0.2, 0) is 16.2 Å². The number of rotatable bonds is 5. The molecule has 3 aromatic rings. The van der Waals surface area contributed by atoms with Crippen LogP contribution in [0.4, 0.5) is 10.5 Å². The summed E-state index contributed by atoms with van der Waals surface area (Å²) < 4.78 is 6.66. The SMILES string of the molecule is Cc1ccc(COc2cccc(/C=C3/C(=O)NC(=O)N(c4ccc(Br)cc4)C3=O)c2)cc1. The molecule has 1 fully saturated rings. The molecule has 0 unspecified atom stereocenters. The number of nitrogens with one attached hydrogen (secondary N) is 1. The van der Waals surface area contributed by atoms with E-state index in [2.05, 4.69) is 21.2 Å². The van der Waals surface area contributed by atoms with Gasteiger partial charge in [-0.3, -0.25) is 14.9 Å². The van der Waals surface area contributed by atoms with E-state index in [0.29, 0.717) is 23.6 Å². The lowest BCUT2D eigenvalue weighted by molar-refractivity contribution is -0.122. The lowest BCUT2D eigenvalue weighted by Gasteiger charge is -2.26. The Morgan fingerprint density at radius 1 is 0.969 bits per heavy atom. The number of ether oxygens (including phenoxy) is 1. The van der Waals surface area contributed by atoms with E-state index >= 15 is 0 Å². The number of halogens is 1. The number of hydrogen-bond donors (Lipinski definition) is 1. The van der Waals surface area contributed by atoms with Crippen LogP contribution in [0.15, 0.2) is 82.8 Å². The lowest BCUT2D eigenvalue weighted by Crippen LogP contribution is -2.54. The summed E-state index contributed by atoms with van der Waals surface area (Å²) in [7, 11) is 0. The number of benzene rings is 3. The summed E-state index contributed by atoms with van der Waals surface area (Å²) in [5.74, 6) is -0.823. The van der Waals surface area contributed by atoms with Crippen LogP contribution < -0.4 is 15.0 Å². The van der Waals surface area contributed by atoms with Gasteiger partial charge in [-0.15, -0.1) is 0 Å². The van der Waals surface area contributed by atoms with Crippen LogP contribution in [0.1, 0.15) is 16.7 Å². The van der Waals surface area contributed by atoms with E-state index in [1.54, 1.807) is 48.5 Å². The van der Waals surface area contributed by atoms with Crippen LogP contribution in [0.3, 0.4) is 0 Å². The Kier molecular flexibility index (Phi) is 6.18. The number of anilines is 1. The van der Waals surface area contributed by atoms with E-state index in [9.17, 15) is 14.4 Å². The maximum absolute atomic E-state index is 13.0. The summed E-state index contributed by atoms with van der Waals surface area (Å²) in [5, 5.41) is 2.22. The Morgan fingerprint density at radius 2 is 1.69 bits per heavy atom. The Morgan fingerprint density at radius 3 is 2.41 bits per heavy atom. The van der Waals surface area contributed by atoms with Crippen molar-refractivity contribution in [1.29, 1.82) is 0 Å². The molecule has 4 rings (SSSR count). The topological polar surface area (TPSA) is 75.7 Å². The lowest BCUT2D eigenvalue weighted by atomic mass is 10.1. The molecule has 160 valence electrons. The van der Waals surface area contributed by atoms with Gasteiger partial charge in [-0.2, -0.15) is 0 Å². The summed E-state index contributed by atoms with van der Waals surface area (Å²) in [6.45, 7) is 2.42. The maximum atomic E-state index is 13.0. The highest BCUT2D eigenvalue weighted by atomic mass is 79.9. The predicted octanol–water partition coefficient (Wildman–Crippen LogP) is 5.00. The van der Waals surface area contributed by atoms with Crippen LogP contribution in [0.5, 0.6) is 5.75 Å². The van der Waals surface area contributed by atoms with Crippen molar-refractivity contribution in [3.8, 4) is 5.75 Å². The summed E-state index contributed by atoms with van der Waals surface area (Å²) >= 11 is 3.32. The number of aryl methyl sites for hydroxylation is 1. The van der Waals surface area contributed by atoms with Crippen molar-refractivity contribution in [3.63, 3.8) is 0 Å². The third-order valence-corrected chi connectivity index (χ3v) is 5.41. The molecule has 6 nitrogen and oxygen atoms in total. The minimum absolute atomic E-state index is 0.136. The molecule has 1 aliphatic heterocycles. The predicted molar refractivity (Wildman–Crippen MR) is 125 cm³/mol. The van der Waals surface area contributed by atoms with Gasteiger partial charge in [0, 0.05) is 4.47 Å². The van der Waals surface area contributed by atoms with Gasteiger partial charge in [-0.1, -0.05) is 57.9 Å². The molecule has 7 heteroatoms. The summed E-state index contributed by atoms with van der Waals surface area (Å²) in [6.07, 6.45) is 1.45. The zero-order valence-corrected chi connectivity index (χ0v) is 18.8. The summed E-state index contributed by atoms with van der Waals surface area (Å²) in [6, 6.07) is 21.0. The molecule has 1 aliphatic rings. The smallest absolute Gasteiger partial charge is 0.335 e. The molecule has 3 aromatic carbocycles. The van der Waals surface area contributed by atoms with Crippen molar-refractivity contribution >= 4 is 45.5 Å². The first-order valence-electron chi connectivity index (χ1n) is 9.86. The third kappa shape index (κ3) is 4.78. The highest BCUT2D eigenvalue weighted by Gasteiger charge is 2.36. The highest BCUT2D eigenvalue weighted by molar-refractivity contribution is 9.10. The second-order valence-electron chi connectivity index (χ2n) is 7.28. The van der Waals surface area contributed by atoms with Gasteiger partial charge in [-0.05, 0) is 60.5 Å². The molecule has 0 aromatic heterocycles. The van der Waals surface area contributed by atoms with E-state index in [1.807, 2.05) is 31.2 Å². The van der Waals surface area contributed by atoms with E-state index in [0.717, 1.165) is 14.9 Å². The first-order valence-corrected chi connectivity index (χ1v) is 10.7. The molecule has 1 N–H and O–H groups in total. The van der Waals surface area contributed by atoms with Gasteiger partial charge in [0.05, 0.1) is 5.69 Å². The molecular weight excluding hydrogens is 472 g/mol. The molecule has 1 heterocycles. The number of urea groups is 1. The minimum Gasteiger partial charge on any atom is -0.489 e. The van der Waals surface area contributed by atoms with Crippen molar-refractivity contribution in [2.24, 2.45) is 0 Å². The first kappa shape index (κ1) is 21.5. The number of amides is 4. The molecular formula is C25H19BrN2O4. The molecule has 32 heavy (non-hydrogen) atoms. The van der Waals surface area contributed by atoms with Crippen LogP contribution in [0, 0.1) is 6.92 Å². The van der Waals surface area contributed by atoms with Gasteiger partial charge in [0.1, 0.15) is 17.9 Å². The molecule has 0 aliphatic carbocycles. The highest BCUT2D eigenvalue weighted by Crippen LogP contribution is 2.24. The van der Waals surface area contributed by atoms with Crippen LogP contribution in [0.2, 0.25) is 0 Å². The fraction of sp³-hybridized carbons (Fsp3) is 0.0800. The molecule has 0 spiro atoms. The average molecular weight is 491 g/mol. The number of hydrogen-bond acceptors (Lipinski definition) is 4. The van der Waals surface area contributed by atoms with E-state index in [-0.39, 0.29) is 5.57 Å². The van der Waals surface area contributed by atoms with E-state index in [4.69, 9.17) is 4.74 Å². The Bertz CT molecular complexity index is 1220. The van der Waals surface area contributed by atoms with E-state index < -0.39 is 17.8 Å². The normalized spacial score (nSPS) is 15.1. The van der Waals surface area contributed by atoms with Gasteiger partial charge in [0.15, 0.2) is 0 Å². The second-order valence-corrected chi connectivity index (χ2v) is 8.20. The average Bonchev–Trinajstić information content (AvgIpc) is 2.78. The number of carbonyl (C=O) groups is 3. The van der Waals surface area contributed by atoms with Crippen LogP contribution >= 0.6 is 15.9 Å². The Hall–Kier alpha value is -3.71. The second kappa shape index (κ2) is 9.20. The van der Waals surface area contributed by atoms with Crippen molar-refractivity contribution in [3.05, 3.63) is 99.5 Å². The summed E-state index contributed by atoms with van der Waals surface area (Å²) in [4.78, 5) is 38.6. The van der Waals surface area contributed by atoms with Crippen molar-refractivity contribution in [2.75, 3.05) is 4.90 Å². The van der Waals surface area contributed by atoms with E-state index in [1.165, 1.54) is 11.6 Å². The Balaban J connectivity index is 1.56. The van der Waals surface area contributed by atoms with Crippen LogP contribution in [0.25, 0.3) is 6.08 Å². The van der Waals surface area contributed by atoms with Gasteiger partial charge < -0.3 is 4.74 Å². The number of barbiturate groups is 1. The quantitative estimate of drug-likeness (QED) is 0.403. The third-order valence-electron chi connectivity index (χ3n) is 4.88. The van der Waals surface area contributed by atoms with Crippen LogP contribution in [-0.4, -0.2) is 17.8 Å². The van der Waals surface area contributed by atoms with Crippen molar-refractivity contribution < 1.29 is 19.1 Å². The van der Waals surface area contributed by atoms with Gasteiger partial charge >= 0.3 is 6.03 Å². The molecule has 1 saturated heterocycles. The van der Waals surface area contributed by atoms with Crippen molar-refractivity contribution in [2.45, 2.75) is 13.5 Å². The number of nitrogens with zero attached hydrogens (tertiary/aromatic N) is 1. The zero-order chi connectivity index (χ0) is 22.7. The van der Waals surface area contributed by atoms with Gasteiger partial charge in [0.2, 0.25) is 0 Å². The Labute approximate surface area is 193 Å². The largest absolute Gasteiger partial charge is 0.489 e. The molecule has 4 amide bonds. The molecule has 0 saturated carbocycles. The van der Waals surface area contributed by atoms with Gasteiger partial charge in [0.25, 0.3) is 11.8 Å². The fourth-order valence-corrected chi connectivity index (χ4v) is 3.46. The molecule has 0 atom stereocenters. The summed E-state index contributed by atoms with van der Waals surface area (Å²) in [5.41, 5.74) is 3.04. The monoisotopic (exact) mass is 490 g/mol. The number of carbonyl (C=O) groups excluding carboxylic acids is 3. The molecule has 0 bridgehead atoms. The zero-order valence-electron chi connectivity index (χ0n) is 17.2. The molecule has 0 radical (unpaired) electrons. The van der Waals surface area contributed by atoms with Crippen molar-refractivity contribution in [1.82, 2.24) is 5.32 Å². The van der Waals surface area contributed by atoms with Gasteiger partial charge in [-0.25, -0.2) is 9.69 Å². The fourth-order valence-electron chi connectivity index (χ4n) is 3.19.